The number of sulfonamides is 1. The van der Waals surface area contributed by atoms with Crippen LogP contribution in [0.1, 0.15) is 0 Å². The number of rotatable bonds is 3. The molecule has 0 aromatic heterocycles. The highest BCUT2D eigenvalue weighted by molar-refractivity contribution is 9.10. The van der Waals surface area contributed by atoms with Gasteiger partial charge in [0.2, 0.25) is 10.0 Å². The van der Waals surface area contributed by atoms with E-state index in [-0.39, 0.29) is 17.1 Å². The first-order valence-corrected chi connectivity index (χ1v) is 6.23. The predicted octanol–water partition coefficient (Wildman–Crippen LogP) is 0.943. The summed E-state index contributed by atoms with van der Waals surface area (Å²) in [6, 6.07) is 4.53. The second-order valence-electron chi connectivity index (χ2n) is 2.71. The molecule has 0 saturated carbocycles. The number of halogens is 1. The quantitative estimate of drug-likeness (QED) is 0.642. The molecule has 0 atom stereocenters. The maximum Gasteiger partial charge on any atom is 0.243 e. The molecule has 0 amide bonds. The molecule has 0 fully saturated rings. The minimum atomic E-state index is -3.61. The molecule has 0 heterocycles. The Balaban J connectivity index is 3.12. The molecule has 15 heavy (non-hydrogen) atoms. The van der Waals surface area contributed by atoms with Gasteiger partial charge in [0, 0.05) is 4.47 Å². The zero-order valence-corrected chi connectivity index (χ0v) is 10.1. The largest absolute Gasteiger partial charge is 0.398 e. The average molecular weight is 289 g/mol. The lowest BCUT2D eigenvalue weighted by molar-refractivity contribution is 0.586. The van der Waals surface area contributed by atoms with Crippen LogP contribution < -0.4 is 10.5 Å². The van der Waals surface area contributed by atoms with Gasteiger partial charge in [-0.25, -0.2) is 8.42 Å². The summed E-state index contributed by atoms with van der Waals surface area (Å²) in [6.45, 7) is -0.0577. The van der Waals surface area contributed by atoms with Gasteiger partial charge in [-0.05, 0) is 18.2 Å². The van der Waals surface area contributed by atoms with Gasteiger partial charge in [-0.15, -0.1) is 6.42 Å². The Morgan fingerprint density at radius 2 is 2.20 bits per heavy atom. The third-order valence-corrected chi connectivity index (χ3v) is 3.59. The molecule has 0 saturated heterocycles. The maximum absolute atomic E-state index is 11.6. The molecule has 0 unspecified atom stereocenters. The molecule has 1 rings (SSSR count). The van der Waals surface area contributed by atoms with Gasteiger partial charge in [0.05, 0.1) is 12.2 Å². The van der Waals surface area contributed by atoms with Crippen molar-refractivity contribution in [1.29, 1.82) is 0 Å². The van der Waals surface area contributed by atoms with Crippen LogP contribution in [0.15, 0.2) is 27.6 Å². The molecule has 1 aromatic carbocycles. The van der Waals surface area contributed by atoms with Crippen molar-refractivity contribution in [2.24, 2.45) is 0 Å². The van der Waals surface area contributed by atoms with E-state index in [0.717, 1.165) is 4.47 Å². The van der Waals surface area contributed by atoms with Crippen LogP contribution in [0.25, 0.3) is 0 Å². The topological polar surface area (TPSA) is 72.2 Å². The summed E-state index contributed by atoms with van der Waals surface area (Å²) in [6.07, 6.45) is 4.96. The summed E-state index contributed by atoms with van der Waals surface area (Å²) in [5.41, 5.74) is 5.75. The molecule has 80 valence electrons. The second kappa shape index (κ2) is 4.66. The highest BCUT2D eigenvalue weighted by Crippen LogP contribution is 2.22. The van der Waals surface area contributed by atoms with Crippen LogP contribution in [-0.2, 0) is 10.0 Å². The Labute approximate surface area is 97.0 Å². The summed E-state index contributed by atoms with van der Waals surface area (Å²) < 4.78 is 26.2. The van der Waals surface area contributed by atoms with Crippen molar-refractivity contribution in [3.05, 3.63) is 22.7 Å². The molecule has 0 aliphatic rings. The van der Waals surface area contributed by atoms with Crippen molar-refractivity contribution >= 4 is 31.6 Å². The molecular weight excluding hydrogens is 280 g/mol. The monoisotopic (exact) mass is 288 g/mol. The Morgan fingerprint density at radius 3 is 2.73 bits per heavy atom. The smallest absolute Gasteiger partial charge is 0.243 e. The normalized spacial score (nSPS) is 10.9. The van der Waals surface area contributed by atoms with Crippen LogP contribution in [0.2, 0.25) is 0 Å². The van der Waals surface area contributed by atoms with Gasteiger partial charge in [0.1, 0.15) is 4.90 Å². The Morgan fingerprint density at radius 1 is 1.53 bits per heavy atom. The molecular formula is C9H9BrN2O2S. The van der Waals surface area contributed by atoms with Crippen LogP contribution >= 0.6 is 15.9 Å². The Kier molecular flexibility index (Phi) is 3.74. The Bertz CT molecular complexity index is 505. The van der Waals surface area contributed by atoms with Gasteiger partial charge in [0.25, 0.3) is 0 Å². The minimum Gasteiger partial charge on any atom is -0.398 e. The molecule has 0 radical (unpaired) electrons. The molecule has 0 bridgehead atoms. The first kappa shape index (κ1) is 12.0. The predicted molar refractivity (Wildman–Crippen MR) is 62.6 cm³/mol. The lowest BCUT2D eigenvalue weighted by atomic mass is 10.3. The van der Waals surface area contributed by atoms with E-state index in [1.165, 1.54) is 12.1 Å². The third kappa shape index (κ3) is 2.96. The van der Waals surface area contributed by atoms with E-state index in [4.69, 9.17) is 12.2 Å². The van der Waals surface area contributed by atoms with Gasteiger partial charge in [0.15, 0.2) is 0 Å². The molecule has 0 aliphatic heterocycles. The number of hydrogen-bond acceptors (Lipinski definition) is 3. The van der Waals surface area contributed by atoms with Crippen molar-refractivity contribution in [2.45, 2.75) is 4.90 Å². The standard InChI is InChI=1S/C9H9BrN2O2S/c1-2-5-12-15(13,14)9-4-3-7(10)6-8(9)11/h1,3-4,6,12H,5,11H2. The van der Waals surface area contributed by atoms with Crippen LogP contribution in [0.4, 0.5) is 5.69 Å². The first-order chi connectivity index (χ1) is 6.97. The van der Waals surface area contributed by atoms with Crippen molar-refractivity contribution in [3.63, 3.8) is 0 Å². The molecule has 6 heteroatoms. The number of benzene rings is 1. The average Bonchev–Trinajstić information content (AvgIpc) is 2.14. The summed E-state index contributed by atoms with van der Waals surface area (Å²) in [7, 11) is -3.61. The number of hydrogen-bond donors (Lipinski definition) is 2. The van der Waals surface area contributed by atoms with E-state index < -0.39 is 10.0 Å². The van der Waals surface area contributed by atoms with E-state index in [2.05, 4.69) is 26.6 Å². The maximum atomic E-state index is 11.6. The zero-order valence-electron chi connectivity index (χ0n) is 7.70. The van der Waals surface area contributed by atoms with Crippen LogP contribution in [-0.4, -0.2) is 15.0 Å². The lowest BCUT2D eigenvalue weighted by Crippen LogP contribution is -2.24. The fourth-order valence-corrected chi connectivity index (χ4v) is 2.40. The van der Waals surface area contributed by atoms with Crippen molar-refractivity contribution < 1.29 is 8.42 Å². The third-order valence-electron chi connectivity index (χ3n) is 1.63. The van der Waals surface area contributed by atoms with Crippen LogP contribution in [0, 0.1) is 12.3 Å². The van der Waals surface area contributed by atoms with Gasteiger partial charge < -0.3 is 5.73 Å². The molecule has 0 spiro atoms. The van der Waals surface area contributed by atoms with E-state index in [1.54, 1.807) is 6.07 Å². The number of nitrogen functional groups attached to an aromatic ring is 1. The molecule has 1 aromatic rings. The second-order valence-corrected chi connectivity index (χ2v) is 5.36. The van der Waals surface area contributed by atoms with E-state index in [9.17, 15) is 8.42 Å². The minimum absolute atomic E-state index is 0.0287. The SMILES string of the molecule is C#CCNS(=O)(=O)c1ccc(Br)cc1N. The zero-order chi connectivity index (χ0) is 11.5. The summed E-state index contributed by atoms with van der Waals surface area (Å²) in [5, 5.41) is 0. The van der Waals surface area contributed by atoms with Gasteiger partial charge in [-0.1, -0.05) is 21.9 Å². The number of nitrogens with two attached hydrogens (primary N) is 1. The molecule has 3 N–H and O–H groups in total. The van der Waals surface area contributed by atoms with E-state index >= 15 is 0 Å². The van der Waals surface area contributed by atoms with Gasteiger partial charge in [-0.3, -0.25) is 0 Å². The van der Waals surface area contributed by atoms with Crippen LogP contribution in [0.5, 0.6) is 0 Å². The highest BCUT2D eigenvalue weighted by Gasteiger charge is 2.16. The number of anilines is 1. The van der Waals surface area contributed by atoms with Crippen molar-refractivity contribution in [3.8, 4) is 12.3 Å². The fraction of sp³-hybridized carbons (Fsp3) is 0.111. The van der Waals surface area contributed by atoms with Gasteiger partial charge >= 0.3 is 0 Å². The summed E-state index contributed by atoms with van der Waals surface area (Å²) in [5.74, 6) is 2.18. The summed E-state index contributed by atoms with van der Waals surface area (Å²) in [4.78, 5) is 0.0287. The van der Waals surface area contributed by atoms with E-state index in [1.807, 2.05) is 0 Å². The Hall–Kier alpha value is -1.03. The van der Waals surface area contributed by atoms with Crippen LogP contribution in [0.3, 0.4) is 0 Å². The van der Waals surface area contributed by atoms with Gasteiger partial charge in [-0.2, -0.15) is 4.72 Å². The first-order valence-electron chi connectivity index (χ1n) is 3.95. The van der Waals surface area contributed by atoms with Crippen molar-refractivity contribution in [1.82, 2.24) is 4.72 Å². The van der Waals surface area contributed by atoms with Crippen molar-refractivity contribution in [2.75, 3.05) is 12.3 Å². The van der Waals surface area contributed by atoms with E-state index in [0.29, 0.717) is 0 Å². The molecule has 0 aliphatic carbocycles. The number of terminal acetylenes is 1. The fourth-order valence-electron chi connectivity index (χ4n) is 0.978. The lowest BCUT2D eigenvalue weighted by Gasteiger charge is -2.07. The molecule has 4 nitrogen and oxygen atoms in total. The summed E-state index contributed by atoms with van der Waals surface area (Å²) >= 11 is 3.19. The number of nitrogens with one attached hydrogen (secondary N) is 1. The highest BCUT2D eigenvalue weighted by atomic mass is 79.9.